The third-order valence-electron chi connectivity index (χ3n) is 7.45. The zero-order valence-corrected chi connectivity index (χ0v) is 18.8. The second-order valence-corrected chi connectivity index (χ2v) is 10.6. The molecule has 154 valence electrons. The van der Waals surface area contributed by atoms with Crippen molar-refractivity contribution in [3.63, 3.8) is 0 Å². The first-order valence-corrected chi connectivity index (χ1v) is 12.0. The highest BCUT2D eigenvalue weighted by molar-refractivity contribution is 9.10. The predicted molar refractivity (Wildman–Crippen MR) is 116 cm³/mol. The number of benzene rings is 1. The predicted octanol–water partition coefficient (Wildman–Crippen LogP) is 6.17. The Morgan fingerprint density at radius 3 is 2.54 bits per heavy atom. The second kappa shape index (κ2) is 8.47. The smallest absolute Gasteiger partial charge is 0.223 e. The van der Waals surface area contributed by atoms with Gasteiger partial charge in [-0.25, -0.2) is 0 Å². The molecule has 4 rings (SSSR count). The van der Waals surface area contributed by atoms with Gasteiger partial charge in [0.05, 0.1) is 12.2 Å². The van der Waals surface area contributed by atoms with Crippen LogP contribution < -0.4 is 5.32 Å². The topological polar surface area (TPSA) is 38.3 Å². The SMILES string of the molecule is C[C@H]1CC[C@H]2[C@H](C1)O[C@H](c1ccc(Br)cc1)C[C@]2(C)NC(=O)C1CCCCC1. The Morgan fingerprint density at radius 1 is 1.11 bits per heavy atom. The number of halogens is 1. The maximum Gasteiger partial charge on any atom is 0.223 e. The molecular formula is C24H34BrNO2. The van der Waals surface area contributed by atoms with Crippen LogP contribution in [0.2, 0.25) is 0 Å². The lowest BCUT2D eigenvalue weighted by Crippen LogP contribution is -2.61. The molecule has 3 fully saturated rings. The Labute approximate surface area is 178 Å². The standard InChI is InChI=1S/C24H34BrNO2/c1-16-8-13-20-21(14-16)28-22(17-9-11-19(25)12-10-17)15-24(20,2)26-23(27)18-6-4-3-5-7-18/h9-12,16,18,20-22H,3-8,13-15H2,1-2H3,(H,26,27)/t16-,20-,21-,22-,24-/m0/s1. The van der Waals surface area contributed by atoms with Gasteiger partial charge in [0.25, 0.3) is 0 Å². The zero-order valence-electron chi connectivity index (χ0n) is 17.3. The fraction of sp³-hybridized carbons (Fsp3) is 0.708. The molecule has 1 heterocycles. The molecule has 0 radical (unpaired) electrons. The van der Waals surface area contributed by atoms with Crippen LogP contribution in [0.4, 0.5) is 0 Å². The van der Waals surface area contributed by atoms with E-state index in [1.807, 2.05) is 0 Å². The van der Waals surface area contributed by atoms with Crippen molar-refractivity contribution in [2.75, 3.05) is 0 Å². The number of hydrogen-bond acceptors (Lipinski definition) is 2. The number of amides is 1. The van der Waals surface area contributed by atoms with E-state index in [9.17, 15) is 4.79 Å². The molecule has 0 unspecified atom stereocenters. The Bertz CT molecular complexity index is 684. The Balaban J connectivity index is 1.56. The van der Waals surface area contributed by atoms with Crippen molar-refractivity contribution in [3.8, 4) is 0 Å². The van der Waals surface area contributed by atoms with Gasteiger partial charge in [-0.05, 0) is 56.2 Å². The third kappa shape index (κ3) is 4.33. The number of fused-ring (bicyclic) bond motifs is 1. The number of nitrogens with one attached hydrogen (secondary N) is 1. The number of hydrogen-bond donors (Lipinski definition) is 1. The van der Waals surface area contributed by atoms with Gasteiger partial charge in [-0.1, -0.05) is 60.7 Å². The highest BCUT2D eigenvalue weighted by Crippen LogP contribution is 2.48. The van der Waals surface area contributed by atoms with E-state index < -0.39 is 0 Å². The molecule has 0 aromatic heterocycles. The summed E-state index contributed by atoms with van der Waals surface area (Å²) >= 11 is 3.53. The van der Waals surface area contributed by atoms with E-state index in [0.717, 1.165) is 36.6 Å². The minimum atomic E-state index is -0.185. The Morgan fingerprint density at radius 2 is 1.82 bits per heavy atom. The first kappa shape index (κ1) is 20.4. The van der Waals surface area contributed by atoms with Gasteiger partial charge in [0.15, 0.2) is 0 Å². The van der Waals surface area contributed by atoms with E-state index >= 15 is 0 Å². The van der Waals surface area contributed by atoms with Crippen LogP contribution in [0, 0.1) is 17.8 Å². The van der Waals surface area contributed by atoms with Crippen LogP contribution in [0.5, 0.6) is 0 Å². The summed E-state index contributed by atoms with van der Waals surface area (Å²) in [5, 5.41) is 3.56. The summed E-state index contributed by atoms with van der Waals surface area (Å²) in [7, 11) is 0. The van der Waals surface area contributed by atoms with Crippen molar-refractivity contribution in [1.29, 1.82) is 0 Å². The van der Waals surface area contributed by atoms with E-state index in [2.05, 4.69) is 59.4 Å². The molecule has 1 amide bonds. The van der Waals surface area contributed by atoms with Gasteiger partial charge in [0, 0.05) is 28.3 Å². The van der Waals surface area contributed by atoms with Crippen molar-refractivity contribution < 1.29 is 9.53 Å². The molecule has 1 aromatic rings. The lowest BCUT2D eigenvalue weighted by molar-refractivity contribution is -0.155. The number of carbonyl (C=O) groups is 1. The second-order valence-electron chi connectivity index (χ2n) is 9.69. The zero-order chi connectivity index (χ0) is 19.7. The van der Waals surface area contributed by atoms with E-state index in [1.54, 1.807) is 0 Å². The molecule has 4 heteroatoms. The number of rotatable bonds is 3. The van der Waals surface area contributed by atoms with Gasteiger partial charge in [-0.3, -0.25) is 4.79 Å². The summed E-state index contributed by atoms with van der Waals surface area (Å²) in [5.41, 5.74) is 1.04. The van der Waals surface area contributed by atoms with Crippen LogP contribution in [0.15, 0.2) is 28.7 Å². The number of carbonyl (C=O) groups excluding carboxylic acids is 1. The summed E-state index contributed by atoms with van der Waals surface area (Å²) in [4.78, 5) is 13.1. The molecule has 2 saturated carbocycles. The van der Waals surface area contributed by atoms with E-state index in [-0.39, 0.29) is 29.6 Å². The first-order chi connectivity index (χ1) is 13.4. The van der Waals surface area contributed by atoms with Crippen molar-refractivity contribution in [2.24, 2.45) is 17.8 Å². The normalized spacial score (nSPS) is 36.5. The molecule has 0 spiro atoms. The highest BCUT2D eigenvalue weighted by Gasteiger charge is 2.49. The van der Waals surface area contributed by atoms with Crippen LogP contribution >= 0.6 is 15.9 Å². The molecule has 3 aliphatic rings. The van der Waals surface area contributed by atoms with Crippen molar-refractivity contribution >= 4 is 21.8 Å². The van der Waals surface area contributed by atoms with Gasteiger partial charge in [-0.15, -0.1) is 0 Å². The maximum atomic E-state index is 13.1. The first-order valence-electron chi connectivity index (χ1n) is 11.2. The Kier molecular flexibility index (Phi) is 6.17. The fourth-order valence-electron chi connectivity index (χ4n) is 5.77. The average Bonchev–Trinajstić information content (AvgIpc) is 2.68. The van der Waals surface area contributed by atoms with Crippen molar-refractivity contribution in [1.82, 2.24) is 5.32 Å². The van der Waals surface area contributed by atoms with E-state index in [1.165, 1.54) is 31.2 Å². The molecule has 3 nitrogen and oxygen atoms in total. The summed E-state index contributed by atoms with van der Waals surface area (Å²) in [5.74, 6) is 1.61. The average molecular weight is 448 g/mol. The molecule has 2 aliphatic carbocycles. The summed E-state index contributed by atoms with van der Waals surface area (Å²) in [6.07, 6.45) is 10.4. The lowest BCUT2D eigenvalue weighted by Gasteiger charge is -2.52. The summed E-state index contributed by atoms with van der Waals surface area (Å²) in [6, 6.07) is 8.49. The molecular weight excluding hydrogens is 414 g/mol. The number of ether oxygens (including phenoxy) is 1. The summed E-state index contributed by atoms with van der Waals surface area (Å²) in [6.45, 7) is 4.62. The minimum Gasteiger partial charge on any atom is -0.370 e. The van der Waals surface area contributed by atoms with E-state index in [0.29, 0.717) is 11.8 Å². The lowest BCUT2D eigenvalue weighted by atomic mass is 9.66. The molecule has 1 saturated heterocycles. The monoisotopic (exact) mass is 447 g/mol. The van der Waals surface area contributed by atoms with Crippen LogP contribution in [-0.4, -0.2) is 17.6 Å². The largest absolute Gasteiger partial charge is 0.370 e. The fourth-order valence-corrected chi connectivity index (χ4v) is 6.03. The minimum absolute atomic E-state index is 0.0521. The van der Waals surface area contributed by atoms with Crippen molar-refractivity contribution in [2.45, 2.75) is 89.4 Å². The molecule has 5 atom stereocenters. The van der Waals surface area contributed by atoms with Crippen LogP contribution in [0.1, 0.15) is 83.3 Å². The van der Waals surface area contributed by atoms with Crippen LogP contribution in [-0.2, 0) is 9.53 Å². The molecule has 1 aromatic carbocycles. The Hall–Kier alpha value is -0.870. The molecule has 0 bridgehead atoms. The molecule has 1 N–H and O–H groups in total. The maximum absolute atomic E-state index is 13.1. The van der Waals surface area contributed by atoms with E-state index in [4.69, 9.17) is 4.74 Å². The van der Waals surface area contributed by atoms with Gasteiger partial charge >= 0.3 is 0 Å². The summed E-state index contributed by atoms with van der Waals surface area (Å²) < 4.78 is 7.73. The third-order valence-corrected chi connectivity index (χ3v) is 7.98. The van der Waals surface area contributed by atoms with Gasteiger partial charge in [0.2, 0.25) is 5.91 Å². The van der Waals surface area contributed by atoms with Crippen LogP contribution in [0.25, 0.3) is 0 Å². The van der Waals surface area contributed by atoms with Crippen molar-refractivity contribution in [3.05, 3.63) is 34.3 Å². The van der Waals surface area contributed by atoms with Gasteiger partial charge in [-0.2, -0.15) is 0 Å². The molecule has 1 aliphatic heterocycles. The van der Waals surface area contributed by atoms with Gasteiger partial charge in [0.1, 0.15) is 0 Å². The molecule has 28 heavy (non-hydrogen) atoms. The highest BCUT2D eigenvalue weighted by atomic mass is 79.9. The van der Waals surface area contributed by atoms with Crippen LogP contribution in [0.3, 0.4) is 0 Å². The quantitative estimate of drug-likeness (QED) is 0.601. The van der Waals surface area contributed by atoms with Gasteiger partial charge < -0.3 is 10.1 Å².